The van der Waals surface area contributed by atoms with Gasteiger partial charge in [0.25, 0.3) is 0 Å². The van der Waals surface area contributed by atoms with Gasteiger partial charge in [0, 0.05) is 0 Å². The van der Waals surface area contributed by atoms with E-state index in [0.717, 1.165) is 6.42 Å². The quantitative estimate of drug-likeness (QED) is 0.510. The Balaban J connectivity index is 2.73. The zero-order valence-corrected chi connectivity index (χ0v) is 6.81. The molecule has 1 atom stereocenters. The van der Waals surface area contributed by atoms with Gasteiger partial charge in [-0.3, -0.25) is 0 Å². The molecule has 1 unspecified atom stereocenters. The molecular weight excluding hydrogens is 144 g/mol. The van der Waals surface area contributed by atoms with Crippen LogP contribution in [0.2, 0.25) is 0 Å². The van der Waals surface area contributed by atoms with Gasteiger partial charge >= 0.3 is 0 Å². The molecule has 0 amide bonds. The molecule has 1 heteroatoms. The third-order valence-electron chi connectivity index (χ3n) is 1.47. The maximum atomic E-state index is 5.88. The molecule has 0 nitrogen and oxygen atoms in total. The predicted molar refractivity (Wildman–Crippen MR) is 46.3 cm³/mol. The number of hydrogen-bond acceptors (Lipinski definition) is 0. The Kier molecular flexibility index (Phi) is 2.76. The van der Waals surface area contributed by atoms with Crippen molar-refractivity contribution in [3.8, 4) is 0 Å². The molecule has 0 saturated carbocycles. The Morgan fingerprint density at radius 3 is 3.00 bits per heavy atom. The summed E-state index contributed by atoms with van der Waals surface area (Å²) < 4.78 is 0. The van der Waals surface area contributed by atoms with E-state index in [1.54, 1.807) is 0 Å². The first-order valence-corrected chi connectivity index (χ1v) is 3.91. The van der Waals surface area contributed by atoms with E-state index in [9.17, 15) is 0 Å². The van der Waals surface area contributed by atoms with Crippen molar-refractivity contribution in [3.63, 3.8) is 0 Å². The fourth-order valence-corrected chi connectivity index (χ4v) is 1.01. The summed E-state index contributed by atoms with van der Waals surface area (Å²) in [6, 6.07) is 0. The van der Waals surface area contributed by atoms with Gasteiger partial charge in [0.1, 0.15) is 0 Å². The maximum absolute atomic E-state index is 5.88. The molecule has 0 spiro atoms. The lowest BCUT2D eigenvalue weighted by Crippen LogP contribution is -1.92. The molecule has 0 heterocycles. The average Bonchev–Trinajstić information content (AvgIpc) is 2.12. The van der Waals surface area contributed by atoms with Gasteiger partial charge in [-0.2, -0.15) is 0 Å². The van der Waals surface area contributed by atoms with E-state index in [2.05, 4.69) is 24.3 Å². The van der Waals surface area contributed by atoms with Crippen molar-refractivity contribution >= 4 is 11.6 Å². The smallest absolute Gasteiger partial charge is 0.0556 e. The standard InChI is InChI=1S/C9H11Cl/c1-8(10)9-6-4-2-3-5-7-9/h2,4-8H,3H2,1H3. The van der Waals surface area contributed by atoms with Gasteiger partial charge in [0.15, 0.2) is 0 Å². The monoisotopic (exact) mass is 154 g/mol. The van der Waals surface area contributed by atoms with Gasteiger partial charge < -0.3 is 0 Å². The van der Waals surface area contributed by atoms with Crippen LogP contribution in [0.1, 0.15) is 13.3 Å². The van der Waals surface area contributed by atoms with Crippen molar-refractivity contribution in [2.75, 3.05) is 0 Å². The SMILES string of the molecule is CC(Cl)C1=CC=CCC=C1. The summed E-state index contributed by atoms with van der Waals surface area (Å²) in [5, 5.41) is 0.124. The van der Waals surface area contributed by atoms with Crippen molar-refractivity contribution in [2.45, 2.75) is 18.7 Å². The lowest BCUT2D eigenvalue weighted by atomic mass is 10.2. The molecule has 1 rings (SSSR count). The van der Waals surface area contributed by atoms with Gasteiger partial charge in [-0.25, -0.2) is 0 Å². The largest absolute Gasteiger partial charge is 0.118 e. The highest BCUT2D eigenvalue weighted by Crippen LogP contribution is 2.13. The van der Waals surface area contributed by atoms with Crippen molar-refractivity contribution < 1.29 is 0 Å². The van der Waals surface area contributed by atoms with Crippen LogP contribution < -0.4 is 0 Å². The van der Waals surface area contributed by atoms with E-state index < -0.39 is 0 Å². The third kappa shape index (κ3) is 2.03. The first-order valence-electron chi connectivity index (χ1n) is 3.48. The fourth-order valence-electron chi connectivity index (χ4n) is 0.861. The lowest BCUT2D eigenvalue weighted by Gasteiger charge is -2.00. The third-order valence-corrected chi connectivity index (χ3v) is 1.72. The van der Waals surface area contributed by atoms with Crippen LogP contribution in [-0.4, -0.2) is 5.38 Å². The average molecular weight is 155 g/mol. The molecule has 0 aliphatic heterocycles. The second kappa shape index (κ2) is 3.62. The molecule has 1 aliphatic carbocycles. The molecule has 0 aromatic carbocycles. The molecule has 0 saturated heterocycles. The highest BCUT2D eigenvalue weighted by molar-refractivity contribution is 6.22. The minimum Gasteiger partial charge on any atom is -0.118 e. The highest BCUT2D eigenvalue weighted by atomic mass is 35.5. The molecule has 0 aromatic rings. The number of hydrogen-bond donors (Lipinski definition) is 0. The molecule has 0 radical (unpaired) electrons. The van der Waals surface area contributed by atoms with E-state index in [1.807, 2.05) is 13.0 Å². The minimum atomic E-state index is 0.124. The normalized spacial score (nSPS) is 20.0. The Hall–Kier alpha value is -0.490. The van der Waals surface area contributed by atoms with Gasteiger partial charge in [-0.05, 0) is 18.9 Å². The zero-order chi connectivity index (χ0) is 7.40. The van der Waals surface area contributed by atoms with Crippen molar-refractivity contribution in [3.05, 3.63) is 36.0 Å². The number of allylic oxidation sites excluding steroid dienone is 6. The van der Waals surface area contributed by atoms with Crippen LogP contribution in [0.5, 0.6) is 0 Å². The van der Waals surface area contributed by atoms with Crippen molar-refractivity contribution in [2.24, 2.45) is 0 Å². The summed E-state index contributed by atoms with van der Waals surface area (Å²) >= 11 is 5.88. The van der Waals surface area contributed by atoms with Crippen LogP contribution in [0.25, 0.3) is 0 Å². The lowest BCUT2D eigenvalue weighted by molar-refractivity contribution is 1.16. The maximum Gasteiger partial charge on any atom is 0.0556 e. The van der Waals surface area contributed by atoms with Crippen LogP contribution >= 0.6 is 11.6 Å². The Morgan fingerprint density at radius 2 is 2.30 bits per heavy atom. The van der Waals surface area contributed by atoms with Gasteiger partial charge in [0.05, 0.1) is 5.38 Å². The number of halogens is 1. The minimum absolute atomic E-state index is 0.124. The van der Waals surface area contributed by atoms with Crippen LogP contribution in [0.3, 0.4) is 0 Å². The zero-order valence-electron chi connectivity index (χ0n) is 6.05. The molecule has 0 fully saturated rings. The van der Waals surface area contributed by atoms with Gasteiger partial charge in [-0.1, -0.05) is 30.4 Å². The summed E-state index contributed by atoms with van der Waals surface area (Å²) in [6.45, 7) is 1.98. The molecule has 54 valence electrons. The van der Waals surface area contributed by atoms with Crippen molar-refractivity contribution in [1.82, 2.24) is 0 Å². The summed E-state index contributed by atoms with van der Waals surface area (Å²) in [6.07, 6.45) is 11.4. The van der Waals surface area contributed by atoms with E-state index >= 15 is 0 Å². The molecule has 1 aliphatic rings. The van der Waals surface area contributed by atoms with E-state index in [0.29, 0.717) is 0 Å². The summed E-state index contributed by atoms with van der Waals surface area (Å²) in [5.41, 5.74) is 1.19. The summed E-state index contributed by atoms with van der Waals surface area (Å²) in [7, 11) is 0. The molecular formula is C9H11Cl. The Morgan fingerprint density at radius 1 is 1.50 bits per heavy atom. The first-order chi connectivity index (χ1) is 4.80. The first kappa shape index (κ1) is 7.62. The van der Waals surface area contributed by atoms with E-state index in [-0.39, 0.29) is 5.38 Å². The van der Waals surface area contributed by atoms with Crippen LogP contribution in [0.15, 0.2) is 36.0 Å². The topological polar surface area (TPSA) is 0 Å². The number of rotatable bonds is 1. The van der Waals surface area contributed by atoms with Crippen molar-refractivity contribution in [1.29, 1.82) is 0 Å². The van der Waals surface area contributed by atoms with E-state index in [1.165, 1.54) is 5.57 Å². The van der Waals surface area contributed by atoms with E-state index in [4.69, 9.17) is 11.6 Å². The Bertz CT molecular complexity index is 185. The van der Waals surface area contributed by atoms with Gasteiger partial charge in [-0.15, -0.1) is 11.6 Å². The second-order valence-electron chi connectivity index (χ2n) is 2.35. The van der Waals surface area contributed by atoms with Crippen LogP contribution in [0, 0.1) is 0 Å². The fraction of sp³-hybridized carbons (Fsp3) is 0.333. The summed E-state index contributed by atoms with van der Waals surface area (Å²) in [5.74, 6) is 0. The molecule has 0 bridgehead atoms. The molecule has 0 N–H and O–H groups in total. The van der Waals surface area contributed by atoms with Gasteiger partial charge in [0.2, 0.25) is 0 Å². The Labute approximate surface area is 66.9 Å². The highest BCUT2D eigenvalue weighted by Gasteiger charge is 1.99. The molecule has 10 heavy (non-hydrogen) atoms. The molecule has 0 aromatic heterocycles. The second-order valence-corrected chi connectivity index (χ2v) is 3.00. The summed E-state index contributed by atoms with van der Waals surface area (Å²) in [4.78, 5) is 0. The van der Waals surface area contributed by atoms with Crippen LogP contribution in [0.4, 0.5) is 0 Å². The predicted octanol–water partition coefficient (Wildman–Crippen LogP) is 3.06. The number of alkyl halides is 1. The van der Waals surface area contributed by atoms with Crippen LogP contribution in [-0.2, 0) is 0 Å².